The number of nitrogens with one attached hydrogen (secondary N) is 2. The van der Waals surface area contributed by atoms with Gasteiger partial charge in [-0.15, -0.1) is 0 Å². The van der Waals surface area contributed by atoms with Crippen molar-refractivity contribution in [2.75, 3.05) is 11.9 Å². The first-order valence-corrected chi connectivity index (χ1v) is 8.66. The lowest BCUT2D eigenvalue weighted by Gasteiger charge is -2.10. The highest BCUT2D eigenvalue weighted by Gasteiger charge is 2.05. The van der Waals surface area contributed by atoms with E-state index in [1.807, 2.05) is 6.92 Å². The van der Waals surface area contributed by atoms with Crippen molar-refractivity contribution >= 4 is 40.7 Å². The van der Waals surface area contributed by atoms with Crippen LogP contribution in [-0.4, -0.2) is 22.5 Å². The van der Waals surface area contributed by atoms with Crippen LogP contribution in [0.4, 0.5) is 11.4 Å². The van der Waals surface area contributed by atoms with Crippen molar-refractivity contribution in [3.8, 4) is 5.75 Å². The Hall–Kier alpha value is -3.52. The quantitative estimate of drug-likeness (QED) is 0.240. The summed E-state index contributed by atoms with van der Waals surface area (Å²) < 4.78 is 5.56. The number of carbonyl (C=O) groups is 1. The molecule has 8 heteroatoms. The number of ether oxygens (including phenoxy) is 1. The number of hydrogen-bond donors (Lipinski definition) is 2. The van der Waals surface area contributed by atoms with Crippen LogP contribution in [0.2, 0.25) is 0 Å². The molecule has 0 aliphatic rings. The van der Waals surface area contributed by atoms with Crippen LogP contribution in [0.15, 0.2) is 66.8 Å². The molecule has 0 atom stereocenters. The van der Waals surface area contributed by atoms with Gasteiger partial charge in [0, 0.05) is 30.0 Å². The zero-order chi connectivity index (χ0) is 20.5. The van der Waals surface area contributed by atoms with E-state index in [0.29, 0.717) is 23.6 Å². The number of nitrogens with zero attached hydrogens (tertiary/aromatic N) is 1. The monoisotopic (exact) mass is 397 g/mol. The van der Waals surface area contributed by atoms with Gasteiger partial charge in [0.1, 0.15) is 12.4 Å². The molecule has 0 saturated carbocycles. The average Bonchev–Trinajstić information content (AvgIpc) is 2.65. The lowest BCUT2D eigenvalue weighted by molar-refractivity contribution is -0.384. The van der Waals surface area contributed by atoms with E-state index in [1.165, 1.54) is 24.3 Å². The van der Waals surface area contributed by atoms with Crippen molar-refractivity contribution in [2.45, 2.75) is 6.92 Å². The van der Waals surface area contributed by atoms with Crippen molar-refractivity contribution in [3.05, 3.63) is 82.4 Å². The predicted octanol–water partition coefficient (Wildman–Crippen LogP) is 4.08. The van der Waals surface area contributed by atoms with Crippen LogP contribution < -0.4 is 15.4 Å². The molecule has 2 rings (SSSR count). The molecule has 2 aromatic carbocycles. The topological polar surface area (TPSA) is 93.5 Å². The Morgan fingerprint density at radius 1 is 1.29 bits per heavy atom. The molecule has 0 fully saturated rings. The third-order valence-corrected chi connectivity index (χ3v) is 3.53. The van der Waals surface area contributed by atoms with E-state index in [2.05, 4.69) is 17.2 Å². The van der Waals surface area contributed by atoms with Crippen LogP contribution >= 0.6 is 12.2 Å². The number of hydrogen-bond acceptors (Lipinski definition) is 5. The van der Waals surface area contributed by atoms with E-state index < -0.39 is 10.8 Å². The van der Waals surface area contributed by atoms with Gasteiger partial charge in [-0.25, -0.2) is 0 Å². The first kappa shape index (κ1) is 20.8. The maximum atomic E-state index is 12.0. The van der Waals surface area contributed by atoms with E-state index in [9.17, 15) is 14.9 Å². The molecule has 0 unspecified atom stereocenters. The number of carbonyl (C=O) groups excluding carboxylic acids is 1. The van der Waals surface area contributed by atoms with Gasteiger partial charge in [0.25, 0.3) is 5.69 Å². The normalized spacial score (nSPS) is 10.3. The molecule has 2 N–H and O–H groups in total. The van der Waals surface area contributed by atoms with Crippen molar-refractivity contribution in [2.24, 2.45) is 0 Å². The van der Waals surface area contributed by atoms with Gasteiger partial charge in [-0.2, -0.15) is 0 Å². The summed E-state index contributed by atoms with van der Waals surface area (Å²) in [7, 11) is 0. The van der Waals surface area contributed by atoms with Gasteiger partial charge in [-0.1, -0.05) is 24.8 Å². The summed E-state index contributed by atoms with van der Waals surface area (Å²) in [6.45, 7) is 6.06. The summed E-state index contributed by atoms with van der Waals surface area (Å²) >= 11 is 5.13. The van der Waals surface area contributed by atoms with Gasteiger partial charge in [0.2, 0.25) is 5.91 Å². The average molecular weight is 397 g/mol. The Morgan fingerprint density at radius 2 is 2.04 bits per heavy atom. The zero-order valence-electron chi connectivity index (χ0n) is 15.2. The number of benzene rings is 2. The largest absolute Gasteiger partial charge is 0.489 e. The van der Waals surface area contributed by atoms with Crippen molar-refractivity contribution in [1.29, 1.82) is 0 Å². The fraction of sp³-hybridized carbons (Fsp3) is 0.100. The second-order valence-corrected chi connectivity index (χ2v) is 6.31. The van der Waals surface area contributed by atoms with Crippen LogP contribution in [0.25, 0.3) is 6.08 Å². The molecule has 2 aromatic rings. The fourth-order valence-electron chi connectivity index (χ4n) is 2.10. The van der Waals surface area contributed by atoms with Gasteiger partial charge in [-0.05, 0) is 48.5 Å². The maximum Gasteiger partial charge on any atom is 0.270 e. The maximum absolute atomic E-state index is 12.0. The molecule has 0 saturated heterocycles. The first-order valence-electron chi connectivity index (χ1n) is 8.25. The predicted molar refractivity (Wildman–Crippen MR) is 113 cm³/mol. The molecule has 0 aromatic heterocycles. The number of anilines is 1. The summed E-state index contributed by atoms with van der Waals surface area (Å²) in [6, 6.07) is 13.1. The SMILES string of the molecule is C=C(C)COc1cccc(NC(=S)NC(=O)/C=C/c2cccc([N+](=O)[O-])c2)c1. The van der Waals surface area contributed by atoms with Gasteiger partial charge in [0.05, 0.1) is 4.92 Å². The van der Waals surface area contributed by atoms with E-state index in [-0.39, 0.29) is 10.8 Å². The number of thiocarbonyl (C=S) groups is 1. The van der Waals surface area contributed by atoms with E-state index in [4.69, 9.17) is 17.0 Å². The lowest BCUT2D eigenvalue weighted by atomic mass is 10.2. The highest BCUT2D eigenvalue weighted by atomic mass is 32.1. The minimum absolute atomic E-state index is 0.0477. The van der Waals surface area contributed by atoms with Gasteiger partial charge in [-0.3, -0.25) is 20.2 Å². The summed E-state index contributed by atoms with van der Waals surface area (Å²) in [5.41, 5.74) is 2.04. The molecular formula is C20H19N3O4S. The first-order chi connectivity index (χ1) is 13.3. The highest BCUT2D eigenvalue weighted by molar-refractivity contribution is 7.80. The molecule has 7 nitrogen and oxygen atoms in total. The Morgan fingerprint density at radius 3 is 2.75 bits per heavy atom. The van der Waals surface area contributed by atoms with Crippen molar-refractivity contribution in [1.82, 2.24) is 5.32 Å². The molecule has 0 heterocycles. The Labute approximate surface area is 167 Å². The molecule has 0 spiro atoms. The van der Waals surface area contributed by atoms with Crippen LogP contribution in [-0.2, 0) is 4.79 Å². The van der Waals surface area contributed by atoms with Gasteiger partial charge < -0.3 is 10.1 Å². The van der Waals surface area contributed by atoms with Crippen molar-refractivity contribution in [3.63, 3.8) is 0 Å². The van der Waals surface area contributed by atoms with Gasteiger partial charge >= 0.3 is 0 Å². The summed E-state index contributed by atoms with van der Waals surface area (Å²) in [4.78, 5) is 22.3. The molecule has 144 valence electrons. The molecule has 0 aliphatic heterocycles. The van der Waals surface area contributed by atoms with Gasteiger partial charge in [0.15, 0.2) is 5.11 Å². The zero-order valence-corrected chi connectivity index (χ0v) is 16.0. The van der Waals surface area contributed by atoms with Crippen molar-refractivity contribution < 1.29 is 14.5 Å². The number of nitro benzene ring substituents is 1. The molecule has 1 amide bonds. The molecule has 28 heavy (non-hydrogen) atoms. The second-order valence-electron chi connectivity index (χ2n) is 5.90. The summed E-state index contributed by atoms with van der Waals surface area (Å²) in [5, 5.41) is 16.3. The van der Waals surface area contributed by atoms with E-state index in [1.54, 1.807) is 36.4 Å². The highest BCUT2D eigenvalue weighted by Crippen LogP contribution is 2.18. The lowest BCUT2D eigenvalue weighted by Crippen LogP contribution is -2.32. The smallest absolute Gasteiger partial charge is 0.270 e. The van der Waals surface area contributed by atoms with Crippen LogP contribution in [0.3, 0.4) is 0 Å². The number of nitro groups is 1. The summed E-state index contributed by atoms with van der Waals surface area (Å²) in [5.74, 6) is 0.186. The third kappa shape index (κ3) is 7.00. The number of amides is 1. The number of non-ortho nitro benzene ring substituents is 1. The fourth-order valence-corrected chi connectivity index (χ4v) is 2.32. The second kappa shape index (κ2) is 9.98. The Kier molecular flexibility index (Phi) is 7.41. The van der Waals surface area contributed by atoms with E-state index in [0.717, 1.165) is 5.57 Å². The molecule has 0 radical (unpaired) electrons. The van der Waals surface area contributed by atoms with Crippen LogP contribution in [0, 0.1) is 10.1 Å². The minimum atomic E-state index is -0.495. The van der Waals surface area contributed by atoms with E-state index >= 15 is 0 Å². The molecular weight excluding hydrogens is 378 g/mol. The molecule has 0 bridgehead atoms. The summed E-state index contributed by atoms with van der Waals surface area (Å²) in [6.07, 6.45) is 2.72. The molecule has 0 aliphatic carbocycles. The Bertz CT molecular complexity index is 941. The standard InChI is InChI=1S/C20H19N3O4S/c1-14(2)13-27-18-8-4-6-16(12-18)21-20(28)22-19(24)10-9-15-5-3-7-17(11-15)23(25)26/h3-12H,1,13H2,2H3,(H2,21,22,24,28)/b10-9+. The minimum Gasteiger partial charge on any atom is -0.489 e. The third-order valence-electron chi connectivity index (χ3n) is 3.32. The van der Waals surface area contributed by atoms with Crippen LogP contribution in [0.1, 0.15) is 12.5 Å². The van der Waals surface area contributed by atoms with Crippen LogP contribution in [0.5, 0.6) is 5.75 Å². The number of rotatable bonds is 7. The Balaban J connectivity index is 1.91.